The van der Waals surface area contributed by atoms with E-state index in [1.54, 1.807) is 11.9 Å². The van der Waals surface area contributed by atoms with Gasteiger partial charge in [-0.25, -0.2) is 0 Å². The maximum absolute atomic E-state index is 12.6. The van der Waals surface area contributed by atoms with E-state index in [0.717, 1.165) is 11.3 Å². The summed E-state index contributed by atoms with van der Waals surface area (Å²) >= 11 is 1.33. The average molecular weight is 420 g/mol. The minimum Gasteiger partial charge on any atom is -0.330 e. The number of aromatic nitrogens is 5. The minimum absolute atomic E-state index is 0.0254. The summed E-state index contributed by atoms with van der Waals surface area (Å²) in [6, 6.07) is 19.1. The first-order chi connectivity index (χ1) is 14.7. The van der Waals surface area contributed by atoms with E-state index < -0.39 is 0 Å². The molecule has 0 aliphatic carbocycles. The van der Waals surface area contributed by atoms with Crippen LogP contribution in [0.3, 0.4) is 0 Å². The third kappa shape index (κ3) is 4.11. The Bertz CT molecular complexity index is 1130. The Morgan fingerprint density at radius 3 is 2.47 bits per heavy atom. The smallest absolute Gasteiger partial charge is 0.296 e. The maximum Gasteiger partial charge on any atom is 0.296 e. The standard InChI is InChI=1S/C21H20N6O2S/c1-3-27-19(20-22-18(25-29-20)15-10-6-4-7-11-15)23-24-21(27)30-14-17(28)26(2)16-12-8-5-9-13-16/h4-13H,3,14H2,1-2H3. The van der Waals surface area contributed by atoms with Gasteiger partial charge in [0.25, 0.3) is 5.89 Å². The lowest BCUT2D eigenvalue weighted by Crippen LogP contribution is -2.27. The Labute approximate surface area is 177 Å². The van der Waals surface area contributed by atoms with E-state index in [2.05, 4.69) is 20.3 Å². The molecule has 152 valence electrons. The quantitative estimate of drug-likeness (QED) is 0.420. The first-order valence-corrected chi connectivity index (χ1v) is 10.4. The molecule has 0 aliphatic heterocycles. The van der Waals surface area contributed by atoms with E-state index in [1.807, 2.05) is 72.2 Å². The number of thioether (sulfide) groups is 1. The predicted molar refractivity (Wildman–Crippen MR) is 115 cm³/mol. The molecule has 4 rings (SSSR count). The van der Waals surface area contributed by atoms with Crippen molar-refractivity contribution in [2.75, 3.05) is 17.7 Å². The molecule has 1 amide bonds. The highest BCUT2D eigenvalue weighted by Gasteiger charge is 2.21. The third-order valence-electron chi connectivity index (χ3n) is 4.52. The fourth-order valence-electron chi connectivity index (χ4n) is 2.88. The highest BCUT2D eigenvalue weighted by atomic mass is 32.2. The first-order valence-electron chi connectivity index (χ1n) is 9.44. The van der Waals surface area contributed by atoms with Gasteiger partial charge < -0.3 is 9.42 Å². The van der Waals surface area contributed by atoms with E-state index in [1.165, 1.54) is 11.8 Å². The van der Waals surface area contributed by atoms with Crippen LogP contribution in [-0.2, 0) is 11.3 Å². The van der Waals surface area contributed by atoms with Gasteiger partial charge in [-0.15, -0.1) is 10.2 Å². The molecular formula is C21H20N6O2S. The maximum atomic E-state index is 12.6. The van der Waals surface area contributed by atoms with Crippen molar-refractivity contribution < 1.29 is 9.32 Å². The molecule has 0 bridgehead atoms. The third-order valence-corrected chi connectivity index (χ3v) is 5.48. The van der Waals surface area contributed by atoms with Crippen molar-refractivity contribution in [3.8, 4) is 23.1 Å². The lowest BCUT2D eigenvalue weighted by molar-refractivity contribution is -0.115. The van der Waals surface area contributed by atoms with Gasteiger partial charge in [0.15, 0.2) is 5.16 Å². The summed E-state index contributed by atoms with van der Waals surface area (Å²) < 4.78 is 7.28. The van der Waals surface area contributed by atoms with Crippen LogP contribution in [0.25, 0.3) is 23.1 Å². The van der Waals surface area contributed by atoms with Crippen LogP contribution >= 0.6 is 11.8 Å². The molecule has 2 aromatic carbocycles. The molecule has 0 N–H and O–H groups in total. The lowest BCUT2D eigenvalue weighted by Gasteiger charge is -2.16. The van der Waals surface area contributed by atoms with Crippen molar-refractivity contribution in [2.45, 2.75) is 18.6 Å². The summed E-state index contributed by atoms with van der Waals surface area (Å²) in [6.07, 6.45) is 0. The van der Waals surface area contributed by atoms with E-state index >= 15 is 0 Å². The number of para-hydroxylation sites is 1. The number of hydrogen-bond donors (Lipinski definition) is 0. The zero-order valence-electron chi connectivity index (χ0n) is 16.6. The largest absolute Gasteiger partial charge is 0.330 e. The van der Waals surface area contributed by atoms with Gasteiger partial charge in [-0.2, -0.15) is 4.98 Å². The second-order valence-corrected chi connectivity index (χ2v) is 7.36. The van der Waals surface area contributed by atoms with Gasteiger partial charge in [0.05, 0.1) is 5.75 Å². The fraction of sp³-hybridized carbons (Fsp3) is 0.190. The molecule has 0 atom stereocenters. The first kappa shape index (κ1) is 19.8. The number of nitrogens with zero attached hydrogens (tertiary/aromatic N) is 6. The van der Waals surface area contributed by atoms with Crippen LogP contribution in [0.1, 0.15) is 6.92 Å². The Kier molecular flexibility index (Phi) is 5.89. The Morgan fingerprint density at radius 1 is 1.07 bits per heavy atom. The van der Waals surface area contributed by atoms with Gasteiger partial charge in [-0.3, -0.25) is 9.36 Å². The van der Waals surface area contributed by atoms with Gasteiger partial charge in [0, 0.05) is 24.8 Å². The van der Waals surface area contributed by atoms with Crippen molar-refractivity contribution >= 4 is 23.4 Å². The highest BCUT2D eigenvalue weighted by molar-refractivity contribution is 7.99. The zero-order valence-corrected chi connectivity index (χ0v) is 17.4. The Hall–Kier alpha value is -3.46. The molecular weight excluding hydrogens is 400 g/mol. The zero-order chi connectivity index (χ0) is 20.9. The lowest BCUT2D eigenvalue weighted by atomic mass is 10.2. The van der Waals surface area contributed by atoms with Crippen LogP contribution in [0.2, 0.25) is 0 Å². The molecule has 4 aromatic rings. The molecule has 0 spiro atoms. The molecule has 0 radical (unpaired) electrons. The monoisotopic (exact) mass is 420 g/mol. The minimum atomic E-state index is -0.0254. The highest BCUT2D eigenvalue weighted by Crippen LogP contribution is 2.25. The van der Waals surface area contributed by atoms with E-state index in [9.17, 15) is 4.79 Å². The van der Waals surface area contributed by atoms with E-state index in [4.69, 9.17) is 4.52 Å². The van der Waals surface area contributed by atoms with Gasteiger partial charge in [-0.05, 0) is 19.1 Å². The number of hydrogen-bond acceptors (Lipinski definition) is 7. The van der Waals surface area contributed by atoms with Gasteiger partial charge in [0.1, 0.15) is 0 Å². The summed E-state index contributed by atoms with van der Waals surface area (Å²) in [5.74, 6) is 1.48. The molecule has 8 nitrogen and oxygen atoms in total. The summed E-state index contributed by atoms with van der Waals surface area (Å²) in [7, 11) is 1.76. The molecule has 2 aromatic heterocycles. The molecule has 0 unspecified atom stereocenters. The molecule has 30 heavy (non-hydrogen) atoms. The second-order valence-electron chi connectivity index (χ2n) is 6.42. The second kappa shape index (κ2) is 8.91. The predicted octanol–water partition coefficient (Wildman–Crippen LogP) is 3.77. The van der Waals surface area contributed by atoms with Crippen molar-refractivity contribution in [2.24, 2.45) is 0 Å². The molecule has 0 saturated heterocycles. The van der Waals surface area contributed by atoms with Crippen LogP contribution in [0.15, 0.2) is 70.3 Å². The SMILES string of the molecule is CCn1c(SCC(=O)N(C)c2ccccc2)nnc1-c1nc(-c2ccccc2)no1. The van der Waals surface area contributed by atoms with Crippen molar-refractivity contribution in [1.29, 1.82) is 0 Å². The molecule has 2 heterocycles. The summed E-state index contributed by atoms with van der Waals surface area (Å²) in [6.45, 7) is 2.58. The fourth-order valence-corrected chi connectivity index (χ4v) is 3.79. The Balaban J connectivity index is 1.49. The van der Waals surface area contributed by atoms with Crippen LogP contribution in [0.4, 0.5) is 5.69 Å². The normalized spacial score (nSPS) is 10.9. The Morgan fingerprint density at radius 2 is 1.77 bits per heavy atom. The molecule has 0 fully saturated rings. The van der Waals surface area contributed by atoms with Gasteiger partial charge >= 0.3 is 0 Å². The topological polar surface area (TPSA) is 89.9 Å². The van der Waals surface area contributed by atoms with E-state index in [0.29, 0.717) is 29.2 Å². The van der Waals surface area contributed by atoms with Crippen LogP contribution in [-0.4, -0.2) is 43.6 Å². The van der Waals surface area contributed by atoms with Gasteiger partial charge in [-0.1, -0.05) is 65.4 Å². The van der Waals surface area contributed by atoms with Crippen molar-refractivity contribution in [1.82, 2.24) is 24.9 Å². The molecule has 9 heteroatoms. The van der Waals surface area contributed by atoms with E-state index in [-0.39, 0.29) is 11.7 Å². The number of anilines is 1. The number of benzene rings is 2. The number of amides is 1. The number of rotatable bonds is 7. The van der Waals surface area contributed by atoms with Crippen LogP contribution in [0, 0.1) is 0 Å². The molecule has 0 saturated carbocycles. The van der Waals surface area contributed by atoms with Gasteiger partial charge in [0.2, 0.25) is 17.6 Å². The number of carbonyl (C=O) groups is 1. The average Bonchev–Trinajstić information content (AvgIpc) is 3.45. The van der Waals surface area contributed by atoms with Crippen molar-refractivity contribution in [3.63, 3.8) is 0 Å². The number of carbonyl (C=O) groups excluding carboxylic acids is 1. The molecule has 0 aliphatic rings. The summed E-state index contributed by atoms with van der Waals surface area (Å²) in [5.41, 5.74) is 1.71. The van der Waals surface area contributed by atoms with Crippen LogP contribution in [0.5, 0.6) is 0 Å². The summed E-state index contributed by atoms with van der Waals surface area (Å²) in [4.78, 5) is 18.6. The van der Waals surface area contributed by atoms with Crippen LogP contribution < -0.4 is 4.90 Å². The summed E-state index contributed by atoms with van der Waals surface area (Å²) in [5, 5.41) is 13.1. The van der Waals surface area contributed by atoms with Crippen molar-refractivity contribution in [3.05, 3.63) is 60.7 Å².